The highest BCUT2D eigenvalue weighted by Gasteiger charge is 2.25. The summed E-state index contributed by atoms with van der Waals surface area (Å²) < 4.78 is 9.07. The third kappa shape index (κ3) is 4.15. The number of nitrogens with zero attached hydrogens (tertiary/aromatic N) is 2. The standard InChI is InChI=1S/C39H36N2O/c1-23(2)31-21-28(27-12-8-7-9-13-27)22-32(24(3)4)37(31)41-34-15-11-10-14-33(34)40-39(41)30-19-17-26(6)36-29-18-16-25(5)20-35(29)42-38(30)36/h7-24H,1-6H3. The molecule has 3 heteroatoms. The normalized spacial score (nSPS) is 12.0. The van der Waals surface area contributed by atoms with Gasteiger partial charge >= 0.3 is 0 Å². The van der Waals surface area contributed by atoms with Crippen LogP contribution in [0.4, 0.5) is 0 Å². The third-order valence-electron chi connectivity index (χ3n) is 8.53. The van der Waals surface area contributed by atoms with Gasteiger partial charge in [-0.2, -0.15) is 0 Å². The minimum absolute atomic E-state index is 0.308. The Hall–Kier alpha value is -4.63. The van der Waals surface area contributed by atoms with Gasteiger partial charge in [-0.05, 0) is 95.5 Å². The minimum atomic E-state index is 0.308. The van der Waals surface area contributed by atoms with Gasteiger partial charge < -0.3 is 4.42 Å². The van der Waals surface area contributed by atoms with Gasteiger partial charge in [-0.3, -0.25) is 4.57 Å². The minimum Gasteiger partial charge on any atom is -0.455 e. The summed E-state index contributed by atoms with van der Waals surface area (Å²) in [5, 5.41) is 2.31. The van der Waals surface area contributed by atoms with Crippen molar-refractivity contribution in [2.75, 3.05) is 0 Å². The Bertz CT molecular complexity index is 2080. The first kappa shape index (κ1) is 26.3. The number of fused-ring (bicyclic) bond motifs is 4. The summed E-state index contributed by atoms with van der Waals surface area (Å²) in [6, 6.07) is 34.9. The van der Waals surface area contributed by atoms with Crippen LogP contribution in [-0.2, 0) is 0 Å². The van der Waals surface area contributed by atoms with E-state index in [1.54, 1.807) is 0 Å². The van der Waals surface area contributed by atoms with Crippen molar-refractivity contribution in [1.29, 1.82) is 0 Å². The summed E-state index contributed by atoms with van der Waals surface area (Å²) in [6.45, 7) is 13.5. The lowest BCUT2D eigenvalue weighted by Crippen LogP contribution is -2.09. The van der Waals surface area contributed by atoms with Gasteiger partial charge in [0, 0.05) is 10.8 Å². The van der Waals surface area contributed by atoms with Crippen molar-refractivity contribution in [3.63, 3.8) is 0 Å². The zero-order chi connectivity index (χ0) is 29.1. The molecular formula is C39H36N2O. The second-order valence-electron chi connectivity index (χ2n) is 12.2. The summed E-state index contributed by atoms with van der Waals surface area (Å²) in [7, 11) is 0. The number of hydrogen-bond acceptors (Lipinski definition) is 2. The number of imidazole rings is 1. The molecule has 0 spiro atoms. The van der Waals surface area contributed by atoms with Crippen molar-refractivity contribution in [3.8, 4) is 28.2 Å². The number of aryl methyl sites for hydroxylation is 2. The van der Waals surface area contributed by atoms with Crippen molar-refractivity contribution in [2.24, 2.45) is 0 Å². The van der Waals surface area contributed by atoms with Crippen LogP contribution in [-0.4, -0.2) is 9.55 Å². The van der Waals surface area contributed by atoms with Crippen molar-refractivity contribution in [1.82, 2.24) is 9.55 Å². The number of aromatic nitrogens is 2. The molecule has 0 amide bonds. The monoisotopic (exact) mass is 548 g/mol. The zero-order valence-electron chi connectivity index (χ0n) is 25.2. The lowest BCUT2D eigenvalue weighted by Gasteiger charge is -2.24. The SMILES string of the molecule is Cc1ccc2c(c1)oc1c(-c3nc4ccccc4n3-c3c(C(C)C)cc(-c4ccccc4)cc3C(C)C)ccc(C)c12. The summed E-state index contributed by atoms with van der Waals surface area (Å²) in [4.78, 5) is 5.31. The van der Waals surface area contributed by atoms with Crippen LogP contribution in [0.2, 0.25) is 0 Å². The average Bonchev–Trinajstić information content (AvgIpc) is 3.56. The smallest absolute Gasteiger partial charge is 0.149 e. The Morgan fingerprint density at radius 3 is 2.10 bits per heavy atom. The number of rotatable bonds is 5. The van der Waals surface area contributed by atoms with Gasteiger partial charge in [-0.15, -0.1) is 0 Å². The topological polar surface area (TPSA) is 31.0 Å². The maximum atomic E-state index is 6.67. The van der Waals surface area contributed by atoms with Crippen LogP contribution < -0.4 is 0 Å². The number of para-hydroxylation sites is 2. The average molecular weight is 549 g/mol. The molecule has 42 heavy (non-hydrogen) atoms. The molecule has 5 aromatic carbocycles. The second kappa shape index (κ2) is 10.0. The van der Waals surface area contributed by atoms with Gasteiger partial charge in [-0.25, -0.2) is 4.98 Å². The van der Waals surface area contributed by atoms with Gasteiger partial charge in [0.1, 0.15) is 17.0 Å². The summed E-state index contributed by atoms with van der Waals surface area (Å²) in [5.41, 5.74) is 13.6. The highest BCUT2D eigenvalue weighted by molar-refractivity contribution is 6.11. The molecule has 2 aromatic heterocycles. The molecule has 208 valence electrons. The van der Waals surface area contributed by atoms with Gasteiger partial charge in [0.25, 0.3) is 0 Å². The van der Waals surface area contributed by atoms with Crippen LogP contribution in [0.15, 0.2) is 101 Å². The van der Waals surface area contributed by atoms with Crippen LogP contribution in [0.1, 0.15) is 61.8 Å². The molecule has 0 unspecified atom stereocenters. The van der Waals surface area contributed by atoms with Gasteiger partial charge in [0.15, 0.2) is 0 Å². The van der Waals surface area contributed by atoms with E-state index in [-0.39, 0.29) is 0 Å². The van der Waals surface area contributed by atoms with Crippen LogP contribution in [0.3, 0.4) is 0 Å². The lowest BCUT2D eigenvalue weighted by molar-refractivity contribution is 0.669. The summed E-state index contributed by atoms with van der Waals surface area (Å²) in [5.74, 6) is 1.53. The van der Waals surface area contributed by atoms with Crippen molar-refractivity contribution >= 4 is 33.0 Å². The Kier molecular flexibility index (Phi) is 6.27. The van der Waals surface area contributed by atoms with E-state index in [0.717, 1.165) is 44.4 Å². The van der Waals surface area contributed by atoms with Crippen LogP contribution in [0.5, 0.6) is 0 Å². The maximum Gasteiger partial charge on any atom is 0.149 e. The fourth-order valence-electron chi connectivity index (χ4n) is 6.38. The molecule has 0 saturated heterocycles. The zero-order valence-corrected chi connectivity index (χ0v) is 25.2. The maximum absolute atomic E-state index is 6.67. The Balaban J connectivity index is 1.60. The Labute approximate surface area is 247 Å². The van der Waals surface area contributed by atoms with E-state index < -0.39 is 0 Å². The van der Waals surface area contributed by atoms with E-state index in [0.29, 0.717) is 11.8 Å². The molecule has 7 aromatic rings. The second-order valence-corrected chi connectivity index (χ2v) is 12.2. The van der Waals surface area contributed by atoms with Crippen LogP contribution in [0, 0.1) is 13.8 Å². The number of hydrogen-bond donors (Lipinski definition) is 0. The molecule has 0 bridgehead atoms. The van der Waals surface area contributed by atoms with Crippen LogP contribution >= 0.6 is 0 Å². The van der Waals surface area contributed by atoms with Gasteiger partial charge in [0.05, 0.1) is 22.3 Å². The Morgan fingerprint density at radius 2 is 1.38 bits per heavy atom. The molecule has 3 nitrogen and oxygen atoms in total. The fraction of sp³-hybridized carbons (Fsp3) is 0.205. The molecule has 2 heterocycles. The van der Waals surface area contributed by atoms with E-state index in [1.165, 1.54) is 39.1 Å². The molecule has 0 aliphatic rings. The summed E-state index contributed by atoms with van der Waals surface area (Å²) >= 11 is 0. The van der Waals surface area contributed by atoms with E-state index in [1.807, 2.05) is 0 Å². The molecule has 7 rings (SSSR count). The van der Waals surface area contributed by atoms with E-state index in [2.05, 4.69) is 143 Å². The number of furan rings is 1. The highest BCUT2D eigenvalue weighted by Crippen LogP contribution is 2.43. The summed E-state index contributed by atoms with van der Waals surface area (Å²) in [6.07, 6.45) is 0. The largest absolute Gasteiger partial charge is 0.455 e. The molecule has 0 atom stereocenters. The first-order valence-corrected chi connectivity index (χ1v) is 15.0. The van der Waals surface area contributed by atoms with Crippen LogP contribution in [0.25, 0.3) is 61.2 Å². The molecular weight excluding hydrogens is 512 g/mol. The van der Waals surface area contributed by atoms with Gasteiger partial charge in [-0.1, -0.05) is 88.4 Å². The predicted octanol–water partition coefficient (Wildman–Crippen LogP) is 11.1. The van der Waals surface area contributed by atoms with Crippen molar-refractivity contribution < 1.29 is 4.42 Å². The van der Waals surface area contributed by atoms with Crippen molar-refractivity contribution in [3.05, 3.63) is 119 Å². The molecule has 0 radical (unpaired) electrons. The lowest BCUT2D eigenvalue weighted by atomic mass is 9.88. The van der Waals surface area contributed by atoms with E-state index >= 15 is 0 Å². The van der Waals surface area contributed by atoms with Crippen molar-refractivity contribution in [2.45, 2.75) is 53.4 Å². The third-order valence-corrected chi connectivity index (χ3v) is 8.53. The molecule has 0 saturated carbocycles. The van der Waals surface area contributed by atoms with Gasteiger partial charge in [0.2, 0.25) is 0 Å². The molecule has 0 aliphatic heterocycles. The highest BCUT2D eigenvalue weighted by atomic mass is 16.3. The van der Waals surface area contributed by atoms with E-state index in [4.69, 9.17) is 9.40 Å². The molecule has 0 fully saturated rings. The molecule has 0 aliphatic carbocycles. The first-order chi connectivity index (χ1) is 20.3. The molecule has 0 N–H and O–H groups in total. The Morgan fingerprint density at radius 1 is 0.690 bits per heavy atom. The first-order valence-electron chi connectivity index (χ1n) is 15.0. The number of benzene rings is 5. The quantitative estimate of drug-likeness (QED) is 0.214. The predicted molar refractivity (Wildman–Crippen MR) is 177 cm³/mol. The van der Waals surface area contributed by atoms with E-state index in [9.17, 15) is 0 Å². The fourth-order valence-corrected chi connectivity index (χ4v) is 6.38.